The first-order valence-electron chi connectivity index (χ1n) is 6.98. The Bertz CT molecular complexity index is 297. The van der Waals surface area contributed by atoms with Crippen molar-refractivity contribution in [3.05, 3.63) is 35.9 Å². The predicted molar refractivity (Wildman–Crippen MR) is 84.4 cm³/mol. The SMILES string of the molecule is CSCCCC(CNC(C)C)Cc1ccccc1. The third kappa shape index (κ3) is 7.07. The van der Waals surface area contributed by atoms with E-state index < -0.39 is 0 Å². The maximum Gasteiger partial charge on any atom is 0.00104 e. The van der Waals surface area contributed by atoms with E-state index in [4.69, 9.17) is 0 Å². The molecule has 0 aromatic heterocycles. The van der Waals surface area contributed by atoms with Crippen molar-refractivity contribution in [3.8, 4) is 0 Å². The van der Waals surface area contributed by atoms with Crippen molar-refractivity contribution < 1.29 is 0 Å². The van der Waals surface area contributed by atoms with E-state index in [1.807, 2.05) is 11.8 Å². The largest absolute Gasteiger partial charge is 0.314 e. The number of thioether (sulfide) groups is 1. The van der Waals surface area contributed by atoms with Crippen LogP contribution in [0.15, 0.2) is 30.3 Å². The maximum atomic E-state index is 3.59. The van der Waals surface area contributed by atoms with Crippen molar-refractivity contribution >= 4 is 11.8 Å². The summed E-state index contributed by atoms with van der Waals surface area (Å²) >= 11 is 1.95. The second kappa shape index (κ2) is 9.46. The van der Waals surface area contributed by atoms with Gasteiger partial charge in [-0.3, -0.25) is 0 Å². The second-order valence-corrected chi connectivity index (χ2v) is 6.24. The Morgan fingerprint density at radius 2 is 1.89 bits per heavy atom. The molecule has 0 bridgehead atoms. The highest BCUT2D eigenvalue weighted by Gasteiger charge is 2.10. The van der Waals surface area contributed by atoms with Crippen LogP contribution in [-0.2, 0) is 6.42 Å². The molecule has 1 aromatic rings. The van der Waals surface area contributed by atoms with E-state index in [0.29, 0.717) is 6.04 Å². The van der Waals surface area contributed by atoms with Crippen molar-refractivity contribution in [1.82, 2.24) is 5.32 Å². The zero-order chi connectivity index (χ0) is 13.2. The van der Waals surface area contributed by atoms with Crippen LogP contribution in [0.5, 0.6) is 0 Å². The van der Waals surface area contributed by atoms with E-state index in [9.17, 15) is 0 Å². The van der Waals surface area contributed by atoms with Gasteiger partial charge in [0, 0.05) is 6.04 Å². The highest BCUT2D eigenvalue weighted by atomic mass is 32.2. The van der Waals surface area contributed by atoms with Gasteiger partial charge in [-0.1, -0.05) is 44.2 Å². The van der Waals surface area contributed by atoms with Gasteiger partial charge in [0.15, 0.2) is 0 Å². The molecule has 1 nitrogen and oxygen atoms in total. The summed E-state index contributed by atoms with van der Waals surface area (Å²) in [7, 11) is 0. The van der Waals surface area contributed by atoms with Gasteiger partial charge in [0.25, 0.3) is 0 Å². The topological polar surface area (TPSA) is 12.0 Å². The highest BCUT2D eigenvalue weighted by molar-refractivity contribution is 7.98. The zero-order valence-electron chi connectivity index (χ0n) is 12.0. The van der Waals surface area contributed by atoms with Crippen LogP contribution in [0.1, 0.15) is 32.3 Å². The van der Waals surface area contributed by atoms with Crippen LogP contribution in [-0.4, -0.2) is 24.6 Å². The monoisotopic (exact) mass is 265 g/mol. The maximum absolute atomic E-state index is 3.59. The van der Waals surface area contributed by atoms with Crippen LogP contribution in [0.2, 0.25) is 0 Å². The Morgan fingerprint density at radius 1 is 1.17 bits per heavy atom. The van der Waals surface area contributed by atoms with Crippen LogP contribution in [0, 0.1) is 5.92 Å². The van der Waals surface area contributed by atoms with Gasteiger partial charge in [0.05, 0.1) is 0 Å². The third-order valence-electron chi connectivity index (χ3n) is 3.14. The average Bonchev–Trinajstić information content (AvgIpc) is 2.37. The first-order valence-corrected chi connectivity index (χ1v) is 8.38. The zero-order valence-corrected chi connectivity index (χ0v) is 12.8. The van der Waals surface area contributed by atoms with Gasteiger partial charge in [0.1, 0.15) is 0 Å². The summed E-state index contributed by atoms with van der Waals surface area (Å²) in [5.74, 6) is 2.05. The predicted octanol–water partition coefficient (Wildman–Crippen LogP) is 3.99. The fourth-order valence-corrected chi connectivity index (χ4v) is 2.60. The minimum Gasteiger partial charge on any atom is -0.314 e. The van der Waals surface area contributed by atoms with E-state index in [1.165, 1.54) is 30.6 Å². The van der Waals surface area contributed by atoms with Crippen molar-refractivity contribution in [3.63, 3.8) is 0 Å². The molecule has 0 heterocycles. The summed E-state index contributed by atoms with van der Waals surface area (Å²) in [5, 5.41) is 3.59. The summed E-state index contributed by atoms with van der Waals surface area (Å²) in [6.45, 7) is 5.59. The summed E-state index contributed by atoms with van der Waals surface area (Å²) in [5.41, 5.74) is 1.47. The second-order valence-electron chi connectivity index (χ2n) is 5.25. The van der Waals surface area contributed by atoms with Crippen LogP contribution in [0.25, 0.3) is 0 Å². The summed E-state index contributed by atoms with van der Waals surface area (Å²) < 4.78 is 0. The Balaban J connectivity index is 2.42. The molecule has 0 radical (unpaired) electrons. The van der Waals surface area contributed by atoms with Gasteiger partial charge in [-0.15, -0.1) is 0 Å². The molecule has 1 aromatic carbocycles. The van der Waals surface area contributed by atoms with Gasteiger partial charge < -0.3 is 5.32 Å². The number of benzene rings is 1. The van der Waals surface area contributed by atoms with Gasteiger partial charge in [0.2, 0.25) is 0 Å². The van der Waals surface area contributed by atoms with Gasteiger partial charge in [-0.25, -0.2) is 0 Å². The molecule has 0 fully saturated rings. The van der Waals surface area contributed by atoms with Gasteiger partial charge in [-0.2, -0.15) is 11.8 Å². The van der Waals surface area contributed by atoms with Crippen molar-refractivity contribution in [2.45, 2.75) is 39.2 Å². The van der Waals surface area contributed by atoms with E-state index in [1.54, 1.807) is 0 Å². The molecule has 1 N–H and O–H groups in total. The lowest BCUT2D eigenvalue weighted by Crippen LogP contribution is -2.30. The van der Waals surface area contributed by atoms with Crippen molar-refractivity contribution in [2.24, 2.45) is 5.92 Å². The van der Waals surface area contributed by atoms with E-state index in [0.717, 1.165) is 12.5 Å². The van der Waals surface area contributed by atoms with Crippen molar-refractivity contribution in [1.29, 1.82) is 0 Å². The Hall–Kier alpha value is -0.470. The van der Waals surface area contributed by atoms with Crippen LogP contribution >= 0.6 is 11.8 Å². The fraction of sp³-hybridized carbons (Fsp3) is 0.625. The smallest absolute Gasteiger partial charge is 0.00104 e. The number of rotatable bonds is 9. The minimum absolute atomic E-state index is 0.587. The van der Waals surface area contributed by atoms with Crippen LogP contribution in [0.4, 0.5) is 0 Å². The molecule has 2 heteroatoms. The first kappa shape index (κ1) is 15.6. The molecule has 0 spiro atoms. The Kier molecular flexibility index (Phi) is 8.19. The lowest BCUT2D eigenvalue weighted by Gasteiger charge is -2.19. The molecule has 0 aliphatic carbocycles. The standard InChI is InChI=1S/C16H27NS/c1-14(2)17-13-16(10-7-11-18-3)12-15-8-5-4-6-9-15/h4-6,8-9,14,16-17H,7,10-13H2,1-3H3. The molecule has 0 aliphatic heterocycles. The Labute approximate surface area is 117 Å². The number of hydrogen-bond donors (Lipinski definition) is 1. The van der Waals surface area contributed by atoms with E-state index in [2.05, 4.69) is 55.8 Å². The normalized spacial score (nSPS) is 12.9. The minimum atomic E-state index is 0.587. The van der Waals surface area contributed by atoms with Crippen LogP contribution < -0.4 is 5.32 Å². The molecule has 1 unspecified atom stereocenters. The summed E-state index contributed by atoms with van der Waals surface area (Å²) in [4.78, 5) is 0. The summed E-state index contributed by atoms with van der Waals surface area (Å²) in [6, 6.07) is 11.5. The number of nitrogens with one attached hydrogen (secondary N) is 1. The van der Waals surface area contributed by atoms with Crippen molar-refractivity contribution in [2.75, 3.05) is 18.6 Å². The summed E-state index contributed by atoms with van der Waals surface area (Å²) in [6.07, 6.45) is 6.06. The lowest BCUT2D eigenvalue weighted by atomic mass is 9.95. The lowest BCUT2D eigenvalue weighted by molar-refractivity contribution is 0.419. The molecule has 1 rings (SSSR count). The molecule has 0 aliphatic rings. The molecule has 0 saturated carbocycles. The molecular formula is C16H27NS. The van der Waals surface area contributed by atoms with Gasteiger partial charge in [-0.05, 0) is 49.3 Å². The molecule has 0 saturated heterocycles. The molecule has 0 amide bonds. The van der Waals surface area contributed by atoms with E-state index in [-0.39, 0.29) is 0 Å². The first-order chi connectivity index (χ1) is 8.72. The Morgan fingerprint density at radius 3 is 2.50 bits per heavy atom. The van der Waals surface area contributed by atoms with Gasteiger partial charge >= 0.3 is 0 Å². The van der Waals surface area contributed by atoms with E-state index >= 15 is 0 Å². The molecule has 1 atom stereocenters. The fourth-order valence-electron chi connectivity index (χ4n) is 2.14. The highest BCUT2D eigenvalue weighted by Crippen LogP contribution is 2.15. The number of hydrogen-bond acceptors (Lipinski definition) is 2. The molecule has 102 valence electrons. The average molecular weight is 265 g/mol. The quantitative estimate of drug-likeness (QED) is 0.678. The molecular weight excluding hydrogens is 238 g/mol. The van der Waals surface area contributed by atoms with Crippen LogP contribution in [0.3, 0.4) is 0 Å². The molecule has 18 heavy (non-hydrogen) atoms. The third-order valence-corrected chi connectivity index (χ3v) is 3.84.